The predicted octanol–water partition coefficient (Wildman–Crippen LogP) is 3.57. The number of rotatable bonds is 5. The summed E-state index contributed by atoms with van der Waals surface area (Å²) in [5.41, 5.74) is 3.76. The molecule has 3 aromatic rings. The highest BCUT2D eigenvalue weighted by molar-refractivity contribution is 6.09. The number of carbonyl (C=O) groups is 2. The Labute approximate surface area is 192 Å². The predicted molar refractivity (Wildman–Crippen MR) is 125 cm³/mol. The monoisotopic (exact) mass is 448 g/mol. The first-order chi connectivity index (χ1) is 15.5. The standard InChI is InChI=1S/C24H28N6O3/c1-13(2)33-20-10-19(25-12-26-20)30-15(4)17(11-27-30)22(31)28-16-8-14(3)21-18(9-16)24(5,6)23(32)29(21)7/h8-13H,1-7H3,(H,28,31). The number of benzene rings is 1. The lowest BCUT2D eigenvalue weighted by molar-refractivity contribution is -0.121. The highest BCUT2D eigenvalue weighted by atomic mass is 16.5. The molecule has 2 amide bonds. The molecule has 0 saturated carbocycles. The highest BCUT2D eigenvalue weighted by Crippen LogP contribution is 2.44. The second-order valence-corrected chi connectivity index (χ2v) is 9.07. The van der Waals surface area contributed by atoms with Gasteiger partial charge < -0.3 is 15.0 Å². The number of aromatic nitrogens is 4. The van der Waals surface area contributed by atoms with Crippen LogP contribution in [0.4, 0.5) is 11.4 Å². The van der Waals surface area contributed by atoms with Crippen LogP contribution in [0, 0.1) is 13.8 Å². The molecule has 0 aliphatic carbocycles. The molecule has 0 bridgehead atoms. The fraction of sp³-hybridized carbons (Fsp3) is 0.375. The van der Waals surface area contributed by atoms with Crippen molar-refractivity contribution in [2.24, 2.45) is 0 Å². The molecule has 9 heteroatoms. The summed E-state index contributed by atoms with van der Waals surface area (Å²) in [6.45, 7) is 11.4. The van der Waals surface area contributed by atoms with Gasteiger partial charge in [-0.05, 0) is 64.8 Å². The largest absolute Gasteiger partial charge is 0.475 e. The van der Waals surface area contributed by atoms with Gasteiger partial charge in [-0.1, -0.05) is 0 Å². The van der Waals surface area contributed by atoms with Crippen LogP contribution < -0.4 is 15.0 Å². The van der Waals surface area contributed by atoms with Crippen LogP contribution in [-0.4, -0.2) is 44.7 Å². The molecule has 4 rings (SSSR count). The van der Waals surface area contributed by atoms with E-state index in [0.717, 1.165) is 16.8 Å². The normalized spacial score (nSPS) is 14.5. The lowest BCUT2D eigenvalue weighted by Crippen LogP contribution is -2.33. The summed E-state index contributed by atoms with van der Waals surface area (Å²) in [6, 6.07) is 5.43. The lowest BCUT2D eigenvalue weighted by Gasteiger charge is -2.17. The molecule has 3 heterocycles. The second-order valence-electron chi connectivity index (χ2n) is 9.07. The number of aryl methyl sites for hydroxylation is 1. The maximum Gasteiger partial charge on any atom is 0.259 e. The third kappa shape index (κ3) is 3.83. The van der Waals surface area contributed by atoms with Gasteiger partial charge in [0.25, 0.3) is 5.91 Å². The topological polar surface area (TPSA) is 102 Å². The van der Waals surface area contributed by atoms with Crippen LogP contribution in [0.3, 0.4) is 0 Å². The van der Waals surface area contributed by atoms with Crippen LogP contribution in [0.25, 0.3) is 5.82 Å². The van der Waals surface area contributed by atoms with Crippen molar-refractivity contribution in [2.45, 2.75) is 53.1 Å². The molecule has 1 N–H and O–H groups in total. The molecule has 9 nitrogen and oxygen atoms in total. The zero-order chi connectivity index (χ0) is 24.1. The van der Waals surface area contributed by atoms with Crippen molar-refractivity contribution in [1.29, 1.82) is 0 Å². The van der Waals surface area contributed by atoms with Crippen molar-refractivity contribution in [3.05, 3.63) is 53.1 Å². The molecule has 0 spiro atoms. The van der Waals surface area contributed by atoms with E-state index in [1.807, 2.05) is 46.8 Å². The van der Waals surface area contributed by atoms with Crippen LogP contribution in [-0.2, 0) is 10.2 Å². The second kappa shape index (κ2) is 7.99. The Morgan fingerprint density at radius 1 is 1.15 bits per heavy atom. The average molecular weight is 449 g/mol. The van der Waals surface area contributed by atoms with Crippen molar-refractivity contribution < 1.29 is 14.3 Å². The van der Waals surface area contributed by atoms with Crippen molar-refractivity contribution in [3.63, 3.8) is 0 Å². The Bertz CT molecular complexity index is 1260. The van der Waals surface area contributed by atoms with E-state index in [9.17, 15) is 9.59 Å². The summed E-state index contributed by atoms with van der Waals surface area (Å²) >= 11 is 0. The Morgan fingerprint density at radius 2 is 1.88 bits per heavy atom. The molecule has 1 aromatic carbocycles. The van der Waals surface area contributed by atoms with Gasteiger partial charge >= 0.3 is 0 Å². The molecule has 0 fully saturated rings. The van der Waals surface area contributed by atoms with Gasteiger partial charge in [0.05, 0.1) is 34.7 Å². The number of carbonyl (C=O) groups excluding carboxylic acids is 2. The van der Waals surface area contributed by atoms with Crippen molar-refractivity contribution in [3.8, 4) is 11.7 Å². The van der Waals surface area contributed by atoms with E-state index in [1.54, 1.807) is 29.6 Å². The quantitative estimate of drug-likeness (QED) is 0.640. The zero-order valence-electron chi connectivity index (χ0n) is 19.9. The molecular weight excluding hydrogens is 420 g/mol. The van der Waals surface area contributed by atoms with Crippen molar-refractivity contribution >= 4 is 23.2 Å². The van der Waals surface area contributed by atoms with E-state index >= 15 is 0 Å². The summed E-state index contributed by atoms with van der Waals surface area (Å²) in [5.74, 6) is 0.689. The number of anilines is 2. The molecule has 1 aliphatic heterocycles. The Balaban J connectivity index is 1.62. The van der Waals surface area contributed by atoms with Gasteiger partial charge in [0.1, 0.15) is 6.33 Å². The summed E-state index contributed by atoms with van der Waals surface area (Å²) in [5, 5.41) is 7.31. The Hall–Kier alpha value is -3.75. The van der Waals surface area contributed by atoms with Crippen LogP contribution in [0.2, 0.25) is 0 Å². The first kappa shape index (κ1) is 22.4. The minimum atomic E-state index is -0.654. The van der Waals surface area contributed by atoms with Gasteiger partial charge in [0, 0.05) is 18.8 Å². The lowest BCUT2D eigenvalue weighted by atomic mass is 9.85. The summed E-state index contributed by atoms with van der Waals surface area (Å²) < 4.78 is 7.21. The molecule has 0 unspecified atom stereocenters. The number of nitrogens with one attached hydrogen (secondary N) is 1. The number of likely N-dealkylation sites (N-methyl/N-ethyl adjacent to an activating group) is 1. The van der Waals surface area contributed by atoms with Gasteiger partial charge in [-0.3, -0.25) is 9.59 Å². The van der Waals surface area contributed by atoms with Crippen molar-refractivity contribution in [2.75, 3.05) is 17.3 Å². The number of amides is 2. The van der Waals surface area contributed by atoms with E-state index < -0.39 is 5.41 Å². The van der Waals surface area contributed by atoms with Crippen LogP contribution >= 0.6 is 0 Å². The third-order valence-corrected chi connectivity index (χ3v) is 5.86. The molecule has 172 valence electrons. The number of hydrogen-bond acceptors (Lipinski definition) is 6. The summed E-state index contributed by atoms with van der Waals surface area (Å²) in [4.78, 5) is 35.8. The molecule has 33 heavy (non-hydrogen) atoms. The summed E-state index contributed by atoms with van der Waals surface area (Å²) in [6.07, 6.45) is 2.89. The Morgan fingerprint density at radius 3 is 2.58 bits per heavy atom. The summed E-state index contributed by atoms with van der Waals surface area (Å²) in [7, 11) is 1.78. The highest BCUT2D eigenvalue weighted by Gasteiger charge is 2.43. The van der Waals surface area contributed by atoms with Gasteiger partial charge in [0.2, 0.25) is 11.8 Å². The first-order valence-electron chi connectivity index (χ1n) is 10.8. The van der Waals surface area contributed by atoms with Crippen LogP contribution in [0.1, 0.15) is 54.9 Å². The van der Waals surface area contributed by atoms with Gasteiger partial charge in [-0.25, -0.2) is 14.6 Å². The SMILES string of the molecule is Cc1cc(NC(=O)c2cnn(-c3cc(OC(C)C)ncn3)c2C)cc2c1N(C)C(=O)C2(C)C. The van der Waals surface area contributed by atoms with Crippen LogP contribution in [0.5, 0.6) is 5.88 Å². The molecular formula is C24H28N6O3. The van der Waals surface area contributed by atoms with Gasteiger partial charge in [0.15, 0.2) is 5.82 Å². The fourth-order valence-electron chi connectivity index (χ4n) is 4.22. The van der Waals surface area contributed by atoms with Crippen molar-refractivity contribution in [1.82, 2.24) is 19.7 Å². The molecule has 0 radical (unpaired) electrons. The number of ether oxygens (including phenoxy) is 1. The maximum absolute atomic E-state index is 13.1. The van der Waals surface area contributed by atoms with E-state index in [0.29, 0.717) is 28.6 Å². The average Bonchev–Trinajstić information content (AvgIpc) is 3.20. The smallest absolute Gasteiger partial charge is 0.259 e. The minimum absolute atomic E-state index is 0.0244. The van der Waals surface area contributed by atoms with E-state index in [4.69, 9.17) is 4.74 Å². The molecule has 0 atom stereocenters. The van der Waals surface area contributed by atoms with E-state index in [1.165, 1.54) is 12.5 Å². The molecule has 0 saturated heterocycles. The zero-order valence-corrected chi connectivity index (χ0v) is 19.9. The minimum Gasteiger partial charge on any atom is -0.475 e. The van der Waals surface area contributed by atoms with Gasteiger partial charge in [-0.2, -0.15) is 5.10 Å². The number of hydrogen-bond donors (Lipinski definition) is 1. The number of nitrogens with zero attached hydrogens (tertiary/aromatic N) is 5. The third-order valence-electron chi connectivity index (χ3n) is 5.86. The van der Waals surface area contributed by atoms with E-state index in [2.05, 4.69) is 20.4 Å². The first-order valence-corrected chi connectivity index (χ1v) is 10.8. The number of fused-ring (bicyclic) bond motifs is 1. The molecule has 1 aliphatic rings. The Kier molecular flexibility index (Phi) is 5.43. The maximum atomic E-state index is 13.1. The molecule has 2 aromatic heterocycles. The van der Waals surface area contributed by atoms with E-state index in [-0.39, 0.29) is 17.9 Å². The van der Waals surface area contributed by atoms with Crippen LogP contribution in [0.15, 0.2) is 30.7 Å². The van der Waals surface area contributed by atoms with Gasteiger partial charge in [-0.15, -0.1) is 0 Å². The fourth-order valence-corrected chi connectivity index (χ4v) is 4.22.